The van der Waals surface area contributed by atoms with Gasteiger partial charge in [0.05, 0.1) is 16.8 Å². The maximum atomic E-state index is 13.4. The first-order chi connectivity index (χ1) is 12.7. The normalized spacial score (nSPS) is 10.8. The van der Waals surface area contributed by atoms with Crippen LogP contribution >= 0.6 is 0 Å². The molecule has 0 radical (unpaired) electrons. The fourth-order valence-electron chi connectivity index (χ4n) is 1.89. The van der Waals surface area contributed by atoms with Crippen LogP contribution in [0.4, 0.5) is 28.0 Å². The zero-order chi connectivity index (χ0) is 20.0. The van der Waals surface area contributed by atoms with Gasteiger partial charge in [-0.05, 0) is 36.4 Å². The minimum atomic E-state index is -4.55. The van der Waals surface area contributed by atoms with E-state index in [2.05, 4.69) is 10.1 Å². The van der Waals surface area contributed by atoms with E-state index in [1.54, 1.807) is 0 Å². The van der Waals surface area contributed by atoms with Gasteiger partial charge in [0.2, 0.25) is 0 Å². The molecule has 27 heavy (non-hydrogen) atoms. The number of hydrogen-bond acceptors (Lipinski definition) is 4. The predicted molar refractivity (Wildman–Crippen MR) is 85.3 cm³/mol. The number of esters is 1. The molecule has 0 fully saturated rings. The monoisotopic (exact) mass is 384 g/mol. The number of carbonyl (C=O) groups is 3. The van der Waals surface area contributed by atoms with Gasteiger partial charge in [0.15, 0.2) is 6.61 Å². The Hall–Kier alpha value is -3.43. The van der Waals surface area contributed by atoms with Crippen molar-refractivity contribution in [1.29, 1.82) is 0 Å². The van der Waals surface area contributed by atoms with Gasteiger partial charge in [0, 0.05) is 0 Å². The quantitative estimate of drug-likeness (QED) is 0.626. The smallest absolute Gasteiger partial charge is 0.416 e. The summed E-state index contributed by atoms with van der Waals surface area (Å²) in [5, 5.41) is 3.90. The molecule has 3 amide bonds. The van der Waals surface area contributed by atoms with Gasteiger partial charge in [-0.25, -0.2) is 14.0 Å². The van der Waals surface area contributed by atoms with Crippen LogP contribution in [-0.4, -0.2) is 24.5 Å². The summed E-state index contributed by atoms with van der Waals surface area (Å²) < 4.78 is 55.3. The number of hydrogen-bond donors (Lipinski definition) is 2. The Labute approximate surface area is 150 Å². The van der Waals surface area contributed by atoms with Crippen LogP contribution in [0.2, 0.25) is 0 Å². The van der Waals surface area contributed by atoms with Crippen LogP contribution in [-0.2, 0) is 15.7 Å². The van der Waals surface area contributed by atoms with Crippen molar-refractivity contribution in [3.8, 4) is 0 Å². The minimum absolute atomic E-state index is 0.162. The van der Waals surface area contributed by atoms with Crippen LogP contribution in [0.3, 0.4) is 0 Å². The van der Waals surface area contributed by atoms with Gasteiger partial charge in [0.1, 0.15) is 5.82 Å². The maximum absolute atomic E-state index is 13.4. The van der Waals surface area contributed by atoms with Gasteiger partial charge in [-0.15, -0.1) is 0 Å². The highest BCUT2D eigenvalue weighted by Crippen LogP contribution is 2.29. The van der Waals surface area contributed by atoms with Crippen LogP contribution in [0, 0.1) is 5.82 Å². The number of alkyl halides is 3. The molecule has 2 aromatic rings. The van der Waals surface area contributed by atoms with E-state index in [1.165, 1.54) is 18.2 Å². The molecular weight excluding hydrogens is 372 g/mol. The Kier molecular flexibility index (Phi) is 6.11. The average Bonchev–Trinajstić information content (AvgIpc) is 2.61. The lowest BCUT2D eigenvalue weighted by Crippen LogP contribution is -2.37. The predicted octanol–water partition coefficient (Wildman–Crippen LogP) is 3.35. The third kappa shape index (κ3) is 5.80. The van der Waals surface area contributed by atoms with Crippen LogP contribution in [0.25, 0.3) is 0 Å². The zero-order valence-corrected chi connectivity index (χ0v) is 13.5. The molecule has 0 bridgehead atoms. The summed E-state index contributed by atoms with van der Waals surface area (Å²) in [6, 6.07) is 7.37. The van der Waals surface area contributed by atoms with E-state index < -0.39 is 42.1 Å². The Balaban J connectivity index is 1.83. The molecule has 142 valence electrons. The molecule has 6 nitrogen and oxygen atoms in total. The van der Waals surface area contributed by atoms with Crippen molar-refractivity contribution in [3.05, 3.63) is 65.5 Å². The molecule has 0 aliphatic carbocycles. The maximum Gasteiger partial charge on any atom is 0.416 e. The third-order valence-electron chi connectivity index (χ3n) is 3.16. The fraction of sp³-hybridized carbons (Fsp3) is 0.118. The van der Waals surface area contributed by atoms with Gasteiger partial charge in [-0.2, -0.15) is 13.2 Å². The highest BCUT2D eigenvalue weighted by molar-refractivity contribution is 6.02. The van der Waals surface area contributed by atoms with Crippen molar-refractivity contribution in [3.63, 3.8) is 0 Å². The molecule has 0 saturated heterocycles. The molecule has 2 aromatic carbocycles. The van der Waals surface area contributed by atoms with Crippen molar-refractivity contribution >= 4 is 23.6 Å². The molecule has 0 saturated carbocycles. The molecule has 2 N–H and O–H groups in total. The summed E-state index contributed by atoms with van der Waals surface area (Å²) in [6.07, 6.45) is -4.55. The topological polar surface area (TPSA) is 84.5 Å². The summed E-state index contributed by atoms with van der Waals surface area (Å²) in [5.74, 6) is -2.77. The highest BCUT2D eigenvalue weighted by atomic mass is 19.4. The SMILES string of the molecule is O=C(COC(=O)c1ccc(C(F)(F)F)cc1)NC(=O)Nc1ccccc1F. The van der Waals surface area contributed by atoms with Crippen molar-refractivity contribution < 1.29 is 36.7 Å². The Morgan fingerprint density at radius 2 is 1.59 bits per heavy atom. The van der Waals surface area contributed by atoms with Crippen LogP contribution in [0.5, 0.6) is 0 Å². The highest BCUT2D eigenvalue weighted by Gasteiger charge is 2.30. The van der Waals surface area contributed by atoms with E-state index >= 15 is 0 Å². The summed E-state index contributed by atoms with van der Waals surface area (Å²) in [7, 11) is 0. The van der Waals surface area contributed by atoms with Crippen LogP contribution in [0.1, 0.15) is 15.9 Å². The Bertz CT molecular complexity index is 851. The summed E-state index contributed by atoms with van der Waals surface area (Å²) in [5.41, 5.74) is -1.31. The second kappa shape index (κ2) is 8.30. The Morgan fingerprint density at radius 3 is 2.19 bits per heavy atom. The molecule has 0 aliphatic rings. The number of ether oxygens (including phenoxy) is 1. The second-order valence-electron chi connectivity index (χ2n) is 5.13. The molecule has 0 aliphatic heterocycles. The first-order valence-corrected chi connectivity index (χ1v) is 7.36. The van der Waals surface area contributed by atoms with Crippen molar-refractivity contribution in [1.82, 2.24) is 5.32 Å². The van der Waals surface area contributed by atoms with Crippen LogP contribution in [0.15, 0.2) is 48.5 Å². The second-order valence-corrected chi connectivity index (χ2v) is 5.13. The summed E-state index contributed by atoms with van der Waals surface area (Å²) in [4.78, 5) is 34.8. The van der Waals surface area contributed by atoms with E-state index in [0.717, 1.165) is 18.2 Å². The number of amides is 3. The minimum Gasteiger partial charge on any atom is -0.452 e. The summed E-state index contributed by atoms with van der Waals surface area (Å²) >= 11 is 0. The Morgan fingerprint density at radius 1 is 0.963 bits per heavy atom. The number of urea groups is 1. The van der Waals surface area contributed by atoms with Crippen molar-refractivity contribution in [2.75, 3.05) is 11.9 Å². The van der Waals surface area contributed by atoms with Crippen LogP contribution < -0.4 is 10.6 Å². The van der Waals surface area contributed by atoms with Gasteiger partial charge in [-0.3, -0.25) is 10.1 Å². The van der Waals surface area contributed by atoms with Gasteiger partial charge in [-0.1, -0.05) is 12.1 Å². The summed E-state index contributed by atoms with van der Waals surface area (Å²) in [6.45, 7) is -0.857. The van der Waals surface area contributed by atoms with E-state index in [4.69, 9.17) is 0 Å². The number of rotatable bonds is 4. The lowest BCUT2D eigenvalue weighted by molar-refractivity contribution is -0.137. The van der Waals surface area contributed by atoms with Gasteiger partial charge in [0.25, 0.3) is 5.91 Å². The molecule has 0 aromatic heterocycles. The van der Waals surface area contributed by atoms with E-state index in [-0.39, 0.29) is 11.3 Å². The van der Waals surface area contributed by atoms with Gasteiger partial charge >= 0.3 is 18.2 Å². The standard InChI is InChI=1S/C17H12F4N2O4/c18-12-3-1-2-4-13(12)22-16(26)23-14(24)9-27-15(25)10-5-7-11(8-6-10)17(19,20)21/h1-8H,9H2,(H2,22,23,24,26). The number of carbonyl (C=O) groups excluding carboxylic acids is 3. The number of benzene rings is 2. The van der Waals surface area contributed by atoms with E-state index in [1.807, 2.05) is 5.32 Å². The lowest BCUT2D eigenvalue weighted by atomic mass is 10.1. The number of imide groups is 1. The van der Waals surface area contributed by atoms with Crippen molar-refractivity contribution in [2.45, 2.75) is 6.18 Å². The number of para-hydroxylation sites is 1. The first kappa shape index (κ1) is 19.9. The number of nitrogens with one attached hydrogen (secondary N) is 2. The lowest BCUT2D eigenvalue weighted by Gasteiger charge is -2.09. The molecule has 0 atom stereocenters. The molecule has 10 heteroatoms. The fourth-order valence-corrected chi connectivity index (χ4v) is 1.89. The molecule has 0 heterocycles. The van der Waals surface area contributed by atoms with E-state index in [9.17, 15) is 31.9 Å². The zero-order valence-electron chi connectivity index (χ0n) is 13.5. The van der Waals surface area contributed by atoms with Gasteiger partial charge < -0.3 is 10.1 Å². The molecular formula is C17H12F4N2O4. The molecule has 0 spiro atoms. The molecule has 2 rings (SSSR count). The molecule has 0 unspecified atom stereocenters. The number of anilines is 1. The third-order valence-corrected chi connectivity index (χ3v) is 3.16. The van der Waals surface area contributed by atoms with Crippen molar-refractivity contribution in [2.24, 2.45) is 0 Å². The largest absolute Gasteiger partial charge is 0.452 e. The van der Waals surface area contributed by atoms with E-state index in [0.29, 0.717) is 12.1 Å². The first-order valence-electron chi connectivity index (χ1n) is 7.36. The average molecular weight is 384 g/mol. The number of halogens is 4.